The fraction of sp³-hybridized carbons (Fsp3) is 1.00. The van der Waals surface area contributed by atoms with Crippen LogP contribution in [0, 0.1) is 0 Å². The number of rotatable bonds is 2. The van der Waals surface area contributed by atoms with E-state index < -0.39 is 19.5 Å². The standard InChI is InChI=1S/C4H12Cl4Si3/c1-9(2,10(3,5)6)11(4,7)8/h1-4H3. The van der Waals surface area contributed by atoms with E-state index in [2.05, 4.69) is 13.1 Å². The molecule has 0 aromatic heterocycles. The van der Waals surface area contributed by atoms with Crippen LogP contribution in [-0.4, -0.2) is 19.5 Å². The van der Waals surface area contributed by atoms with Gasteiger partial charge in [0.2, 0.25) is 12.4 Å². The molecule has 0 nitrogen and oxygen atoms in total. The molecule has 0 aliphatic rings. The smallest absolute Gasteiger partial charge is 0.150 e. The van der Waals surface area contributed by atoms with Gasteiger partial charge in [-0.1, -0.05) is 13.1 Å². The fourth-order valence-electron chi connectivity index (χ4n) is 0.385. The SMILES string of the molecule is C[Si](Cl)(Cl)[Si](C)(C)[Si](C)(Cl)Cl. The van der Waals surface area contributed by atoms with Gasteiger partial charge in [-0.05, 0) is 13.1 Å². The Labute approximate surface area is 89.6 Å². The van der Waals surface area contributed by atoms with Gasteiger partial charge < -0.3 is 0 Å². The van der Waals surface area contributed by atoms with E-state index in [1.165, 1.54) is 0 Å². The molecule has 0 saturated heterocycles. The second-order valence-electron chi connectivity index (χ2n) is 3.40. The van der Waals surface area contributed by atoms with E-state index >= 15 is 0 Å². The molecule has 0 aromatic rings. The van der Waals surface area contributed by atoms with Crippen LogP contribution in [0.1, 0.15) is 0 Å². The lowest BCUT2D eigenvalue weighted by atomic mass is 11.9. The van der Waals surface area contributed by atoms with Gasteiger partial charge in [0.1, 0.15) is 7.11 Å². The number of halogens is 4. The van der Waals surface area contributed by atoms with Crippen LogP contribution >= 0.6 is 44.3 Å². The normalized spacial score (nSPS) is 15.3. The summed E-state index contributed by atoms with van der Waals surface area (Å²) in [5.74, 6) is 0. The third-order valence-electron chi connectivity index (χ3n) is 2.19. The average Bonchev–Trinajstić information content (AvgIpc) is 1.58. The van der Waals surface area contributed by atoms with E-state index in [4.69, 9.17) is 44.3 Å². The molecule has 7 heteroatoms. The second kappa shape index (κ2) is 3.52. The molecule has 0 aromatic carbocycles. The summed E-state index contributed by atoms with van der Waals surface area (Å²) in [4.78, 5) is 0. The zero-order chi connectivity index (χ0) is 9.50. The van der Waals surface area contributed by atoms with Crippen molar-refractivity contribution in [3.05, 3.63) is 0 Å². The lowest BCUT2D eigenvalue weighted by Crippen LogP contribution is -2.63. The summed E-state index contributed by atoms with van der Waals surface area (Å²) in [6, 6.07) is 0. The Bertz CT molecular complexity index is 128. The van der Waals surface area contributed by atoms with Crippen molar-refractivity contribution >= 4 is 63.8 Å². The van der Waals surface area contributed by atoms with Gasteiger partial charge in [0, 0.05) is 0 Å². The van der Waals surface area contributed by atoms with Gasteiger partial charge in [0.15, 0.2) is 0 Å². The molecule has 0 radical (unpaired) electrons. The predicted molar refractivity (Wildman–Crippen MR) is 64.1 cm³/mol. The van der Waals surface area contributed by atoms with Gasteiger partial charge in [-0.2, -0.15) is 44.3 Å². The average molecular weight is 286 g/mol. The highest BCUT2D eigenvalue weighted by molar-refractivity contribution is 7.98. The minimum atomic E-state index is -2.14. The summed E-state index contributed by atoms with van der Waals surface area (Å²) in [6.45, 7) is 8.01. The van der Waals surface area contributed by atoms with Crippen LogP contribution in [0.15, 0.2) is 0 Å². The van der Waals surface area contributed by atoms with Gasteiger partial charge >= 0.3 is 0 Å². The van der Waals surface area contributed by atoms with Crippen molar-refractivity contribution in [1.82, 2.24) is 0 Å². The van der Waals surface area contributed by atoms with Crippen molar-refractivity contribution in [2.75, 3.05) is 0 Å². The zero-order valence-electron chi connectivity index (χ0n) is 7.01. The minimum Gasteiger partial charge on any atom is -0.150 e. The predicted octanol–water partition coefficient (Wildman–Crippen LogP) is 3.95. The molecule has 0 unspecified atom stereocenters. The molecular weight excluding hydrogens is 274 g/mol. The van der Waals surface area contributed by atoms with E-state index in [1.807, 2.05) is 13.1 Å². The van der Waals surface area contributed by atoms with Gasteiger partial charge in [0.05, 0.1) is 0 Å². The first-order valence-corrected chi connectivity index (χ1v) is 17.3. The van der Waals surface area contributed by atoms with E-state index in [-0.39, 0.29) is 0 Å². The lowest BCUT2D eigenvalue weighted by molar-refractivity contribution is 1.96. The first-order chi connectivity index (χ1) is 4.50. The van der Waals surface area contributed by atoms with Crippen molar-refractivity contribution in [2.24, 2.45) is 0 Å². The highest BCUT2D eigenvalue weighted by Crippen LogP contribution is 2.38. The van der Waals surface area contributed by atoms with Crippen molar-refractivity contribution in [2.45, 2.75) is 26.2 Å². The molecular formula is C4H12Cl4Si3. The van der Waals surface area contributed by atoms with Gasteiger partial charge in [0.25, 0.3) is 0 Å². The topological polar surface area (TPSA) is 0 Å². The van der Waals surface area contributed by atoms with Gasteiger partial charge in [-0.3, -0.25) is 0 Å². The monoisotopic (exact) mass is 284 g/mol. The molecule has 0 amide bonds. The molecule has 0 heterocycles. The summed E-state index contributed by atoms with van der Waals surface area (Å²) in [6.07, 6.45) is -4.28. The minimum absolute atomic E-state index is 1.77. The maximum atomic E-state index is 6.14. The quantitative estimate of drug-likeness (QED) is 0.532. The third-order valence-corrected chi connectivity index (χ3v) is 51.5. The molecule has 0 rings (SSSR count). The molecule has 0 N–H and O–H groups in total. The lowest BCUT2D eigenvalue weighted by Gasteiger charge is -2.36. The highest BCUT2D eigenvalue weighted by atomic mass is 35.7. The molecule has 0 fully saturated rings. The summed E-state index contributed by atoms with van der Waals surface area (Å²) in [7, 11) is -1.77. The van der Waals surface area contributed by atoms with Crippen LogP contribution in [0.3, 0.4) is 0 Å². The van der Waals surface area contributed by atoms with E-state index in [9.17, 15) is 0 Å². The highest BCUT2D eigenvalue weighted by Gasteiger charge is 2.56. The molecule has 68 valence electrons. The zero-order valence-corrected chi connectivity index (χ0v) is 13.0. The van der Waals surface area contributed by atoms with Crippen LogP contribution in [0.2, 0.25) is 26.2 Å². The molecule has 0 atom stereocenters. The van der Waals surface area contributed by atoms with Crippen molar-refractivity contribution < 1.29 is 0 Å². The molecule has 0 aliphatic heterocycles. The molecule has 0 bridgehead atoms. The summed E-state index contributed by atoms with van der Waals surface area (Å²) in [5.41, 5.74) is 0. The summed E-state index contributed by atoms with van der Waals surface area (Å²) >= 11 is 24.6. The van der Waals surface area contributed by atoms with Crippen LogP contribution in [0.5, 0.6) is 0 Å². The van der Waals surface area contributed by atoms with Crippen LogP contribution in [0.4, 0.5) is 0 Å². The first-order valence-electron chi connectivity index (χ1n) is 3.26. The Kier molecular flexibility index (Phi) is 4.10. The van der Waals surface area contributed by atoms with Gasteiger partial charge in [-0.15, -0.1) is 0 Å². The summed E-state index contributed by atoms with van der Waals surface area (Å²) in [5, 5.41) is 0. The van der Waals surface area contributed by atoms with Gasteiger partial charge in [-0.25, -0.2) is 0 Å². The van der Waals surface area contributed by atoms with Crippen LogP contribution < -0.4 is 0 Å². The van der Waals surface area contributed by atoms with Crippen LogP contribution in [0.25, 0.3) is 0 Å². The fourth-order valence-corrected chi connectivity index (χ4v) is 36.0. The first kappa shape index (κ1) is 12.8. The van der Waals surface area contributed by atoms with E-state index in [1.54, 1.807) is 0 Å². The summed E-state index contributed by atoms with van der Waals surface area (Å²) < 4.78 is 0. The van der Waals surface area contributed by atoms with E-state index in [0.29, 0.717) is 0 Å². The molecule has 0 aliphatic carbocycles. The molecule has 0 spiro atoms. The molecule has 0 saturated carbocycles. The van der Waals surface area contributed by atoms with E-state index in [0.717, 1.165) is 0 Å². The van der Waals surface area contributed by atoms with Crippen molar-refractivity contribution in [3.8, 4) is 0 Å². The Morgan fingerprint density at radius 3 is 0.818 bits per heavy atom. The Balaban J connectivity index is 4.75. The van der Waals surface area contributed by atoms with Crippen molar-refractivity contribution in [3.63, 3.8) is 0 Å². The Hall–Kier alpha value is 1.81. The largest absolute Gasteiger partial charge is 0.236 e. The molecule has 11 heavy (non-hydrogen) atoms. The Morgan fingerprint density at radius 1 is 0.636 bits per heavy atom. The third kappa shape index (κ3) is 2.90. The number of hydrogen-bond donors (Lipinski definition) is 0. The van der Waals surface area contributed by atoms with Crippen molar-refractivity contribution in [1.29, 1.82) is 0 Å². The van der Waals surface area contributed by atoms with Crippen LogP contribution in [-0.2, 0) is 0 Å². The maximum absolute atomic E-state index is 6.14. The second-order valence-corrected chi connectivity index (χ2v) is 39.2. The Morgan fingerprint density at radius 2 is 0.818 bits per heavy atom. The number of hydrogen-bond acceptors (Lipinski definition) is 0. The maximum Gasteiger partial charge on any atom is 0.236 e.